The van der Waals surface area contributed by atoms with E-state index in [1.807, 2.05) is 0 Å². The Kier molecular flexibility index (Phi) is 6.06. The SMILES string of the molecule is CNCC(Cc1ccc(C(C)(C)C)cc1)CC(C)C. The fraction of sp³-hybridized carbons (Fsp3) is 0.667. The van der Waals surface area contributed by atoms with Crippen molar-refractivity contribution in [3.05, 3.63) is 35.4 Å². The third kappa shape index (κ3) is 5.78. The molecule has 19 heavy (non-hydrogen) atoms. The number of hydrogen-bond acceptors (Lipinski definition) is 1. The fourth-order valence-corrected chi connectivity index (χ4v) is 2.67. The summed E-state index contributed by atoms with van der Waals surface area (Å²) in [7, 11) is 2.05. The van der Waals surface area contributed by atoms with Gasteiger partial charge in [-0.25, -0.2) is 0 Å². The summed E-state index contributed by atoms with van der Waals surface area (Å²) in [5, 5.41) is 3.33. The molecule has 1 atom stereocenters. The molecule has 1 heteroatoms. The van der Waals surface area contributed by atoms with Crippen LogP contribution in [0.3, 0.4) is 0 Å². The maximum atomic E-state index is 3.33. The standard InChI is InChI=1S/C18H31N/c1-14(2)11-16(13-19-6)12-15-7-9-17(10-8-15)18(3,4)5/h7-10,14,16,19H,11-13H2,1-6H3. The number of benzene rings is 1. The molecule has 0 aromatic heterocycles. The molecule has 0 fully saturated rings. The molecule has 1 rings (SSSR count). The van der Waals surface area contributed by atoms with Crippen molar-refractivity contribution in [1.82, 2.24) is 5.32 Å². The van der Waals surface area contributed by atoms with Crippen molar-refractivity contribution in [2.24, 2.45) is 11.8 Å². The van der Waals surface area contributed by atoms with Gasteiger partial charge >= 0.3 is 0 Å². The number of nitrogens with one attached hydrogen (secondary N) is 1. The highest BCUT2D eigenvalue weighted by molar-refractivity contribution is 5.27. The van der Waals surface area contributed by atoms with Crippen LogP contribution in [-0.4, -0.2) is 13.6 Å². The largest absolute Gasteiger partial charge is 0.319 e. The van der Waals surface area contributed by atoms with E-state index in [0.29, 0.717) is 0 Å². The van der Waals surface area contributed by atoms with E-state index in [-0.39, 0.29) is 5.41 Å². The van der Waals surface area contributed by atoms with Crippen molar-refractivity contribution in [2.45, 2.75) is 52.9 Å². The number of hydrogen-bond donors (Lipinski definition) is 1. The molecule has 0 bridgehead atoms. The minimum Gasteiger partial charge on any atom is -0.319 e. The van der Waals surface area contributed by atoms with E-state index in [9.17, 15) is 0 Å². The molecule has 0 heterocycles. The summed E-state index contributed by atoms with van der Waals surface area (Å²) in [5.74, 6) is 1.51. The summed E-state index contributed by atoms with van der Waals surface area (Å²) in [5.41, 5.74) is 3.14. The summed E-state index contributed by atoms with van der Waals surface area (Å²) >= 11 is 0. The van der Waals surface area contributed by atoms with Crippen LogP contribution >= 0.6 is 0 Å². The Morgan fingerprint density at radius 3 is 2.05 bits per heavy atom. The monoisotopic (exact) mass is 261 g/mol. The highest BCUT2D eigenvalue weighted by Crippen LogP contribution is 2.23. The Labute approximate surface area is 119 Å². The van der Waals surface area contributed by atoms with Gasteiger partial charge in [0.25, 0.3) is 0 Å². The van der Waals surface area contributed by atoms with E-state index in [1.165, 1.54) is 24.0 Å². The predicted octanol–water partition coefficient (Wildman–Crippen LogP) is 4.41. The molecule has 0 spiro atoms. The van der Waals surface area contributed by atoms with Crippen molar-refractivity contribution in [3.8, 4) is 0 Å². The zero-order valence-corrected chi connectivity index (χ0v) is 13.6. The minimum atomic E-state index is 0.251. The Balaban J connectivity index is 2.69. The van der Waals surface area contributed by atoms with Gasteiger partial charge in [0.15, 0.2) is 0 Å². The van der Waals surface area contributed by atoms with Crippen LogP contribution in [0.4, 0.5) is 0 Å². The minimum absolute atomic E-state index is 0.251. The van der Waals surface area contributed by atoms with Crippen molar-refractivity contribution in [3.63, 3.8) is 0 Å². The molecule has 0 aliphatic carbocycles. The van der Waals surface area contributed by atoms with E-state index in [1.54, 1.807) is 0 Å². The molecular formula is C18H31N. The highest BCUT2D eigenvalue weighted by atomic mass is 14.8. The molecule has 0 aliphatic rings. The van der Waals surface area contributed by atoms with E-state index in [2.05, 4.69) is 71.2 Å². The third-order valence-electron chi connectivity index (χ3n) is 3.64. The number of rotatable bonds is 6. The van der Waals surface area contributed by atoms with Crippen LogP contribution in [0.2, 0.25) is 0 Å². The van der Waals surface area contributed by atoms with Gasteiger partial charge in [-0.05, 0) is 54.8 Å². The second-order valence-corrected chi connectivity index (χ2v) is 7.20. The van der Waals surface area contributed by atoms with Crippen molar-refractivity contribution in [2.75, 3.05) is 13.6 Å². The van der Waals surface area contributed by atoms with E-state index in [0.717, 1.165) is 18.4 Å². The van der Waals surface area contributed by atoms with Crippen molar-refractivity contribution < 1.29 is 0 Å². The molecule has 0 saturated heterocycles. The first-order chi connectivity index (χ1) is 8.82. The lowest BCUT2D eigenvalue weighted by molar-refractivity contribution is 0.395. The highest BCUT2D eigenvalue weighted by Gasteiger charge is 2.14. The van der Waals surface area contributed by atoms with Gasteiger partial charge in [0.2, 0.25) is 0 Å². The van der Waals surface area contributed by atoms with Gasteiger partial charge in [-0.15, -0.1) is 0 Å². The Hall–Kier alpha value is -0.820. The van der Waals surface area contributed by atoms with Crippen LogP contribution in [-0.2, 0) is 11.8 Å². The lowest BCUT2D eigenvalue weighted by atomic mass is 9.85. The normalized spacial score (nSPS) is 13.8. The summed E-state index contributed by atoms with van der Waals surface area (Å²) in [4.78, 5) is 0. The molecule has 1 aromatic carbocycles. The molecule has 0 amide bonds. The fourth-order valence-electron chi connectivity index (χ4n) is 2.67. The van der Waals surface area contributed by atoms with Crippen LogP contribution in [0.1, 0.15) is 52.2 Å². The Morgan fingerprint density at radius 2 is 1.63 bits per heavy atom. The first kappa shape index (κ1) is 16.2. The first-order valence-corrected chi connectivity index (χ1v) is 7.57. The zero-order valence-electron chi connectivity index (χ0n) is 13.6. The van der Waals surface area contributed by atoms with E-state index in [4.69, 9.17) is 0 Å². The van der Waals surface area contributed by atoms with Gasteiger partial charge in [-0.1, -0.05) is 58.9 Å². The van der Waals surface area contributed by atoms with Gasteiger partial charge in [-0.2, -0.15) is 0 Å². The Morgan fingerprint density at radius 1 is 1.05 bits per heavy atom. The van der Waals surface area contributed by atoms with E-state index >= 15 is 0 Å². The zero-order chi connectivity index (χ0) is 14.5. The maximum absolute atomic E-state index is 3.33. The molecule has 1 unspecified atom stereocenters. The molecule has 1 nitrogen and oxygen atoms in total. The average Bonchev–Trinajstić information content (AvgIpc) is 2.28. The van der Waals surface area contributed by atoms with Crippen molar-refractivity contribution in [1.29, 1.82) is 0 Å². The topological polar surface area (TPSA) is 12.0 Å². The summed E-state index contributed by atoms with van der Waals surface area (Å²) in [6.07, 6.45) is 2.48. The van der Waals surface area contributed by atoms with Gasteiger partial charge in [0.1, 0.15) is 0 Å². The molecule has 0 saturated carbocycles. The van der Waals surface area contributed by atoms with Crippen LogP contribution in [0.15, 0.2) is 24.3 Å². The molecular weight excluding hydrogens is 230 g/mol. The quantitative estimate of drug-likeness (QED) is 0.800. The molecule has 1 N–H and O–H groups in total. The summed E-state index contributed by atoms with van der Waals surface area (Å²) in [6, 6.07) is 9.20. The van der Waals surface area contributed by atoms with Gasteiger partial charge in [-0.3, -0.25) is 0 Å². The maximum Gasteiger partial charge on any atom is -0.00202 e. The predicted molar refractivity (Wildman–Crippen MR) is 85.7 cm³/mol. The lowest BCUT2D eigenvalue weighted by Crippen LogP contribution is -2.22. The molecule has 0 radical (unpaired) electrons. The second kappa shape index (κ2) is 7.09. The van der Waals surface area contributed by atoms with Gasteiger partial charge in [0.05, 0.1) is 0 Å². The van der Waals surface area contributed by atoms with Gasteiger partial charge in [0, 0.05) is 0 Å². The van der Waals surface area contributed by atoms with Crippen molar-refractivity contribution >= 4 is 0 Å². The third-order valence-corrected chi connectivity index (χ3v) is 3.64. The molecule has 0 aliphatic heterocycles. The van der Waals surface area contributed by atoms with Crippen LogP contribution in [0.25, 0.3) is 0 Å². The van der Waals surface area contributed by atoms with Crippen LogP contribution < -0.4 is 5.32 Å². The van der Waals surface area contributed by atoms with Crippen LogP contribution in [0, 0.1) is 11.8 Å². The molecule has 1 aromatic rings. The Bertz CT molecular complexity index is 356. The second-order valence-electron chi connectivity index (χ2n) is 7.20. The van der Waals surface area contributed by atoms with Crippen LogP contribution in [0.5, 0.6) is 0 Å². The van der Waals surface area contributed by atoms with Gasteiger partial charge < -0.3 is 5.32 Å². The first-order valence-electron chi connectivity index (χ1n) is 7.57. The summed E-state index contributed by atoms with van der Waals surface area (Å²) < 4.78 is 0. The summed E-state index contributed by atoms with van der Waals surface area (Å²) in [6.45, 7) is 12.5. The van der Waals surface area contributed by atoms with E-state index < -0.39 is 0 Å². The lowest BCUT2D eigenvalue weighted by Gasteiger charge is -2.21. The smallest absolute Gasteiger partial charge is 0.00202 e. The molecule has 108 valence electrons. The average molecular weight is 261 g/mol.